The summed E-state index contributed by atoms with van der Waals surface area (Å²) in [6.07, 6.45) is 4.37. The molecule has 106 valence electrons. The van der Waals surface area contributed by atoms with E-state index in [1.807, 2.05) is 6.20 Å². The Hall–Kier alpha value is -1.39. The number of benzene rings is 1. The average Bonchev–Trinajstić information content (AvgIpc) is 2.92. The number of aryl methyl sites for hydroxylation is 1. The van der Waals surface area contributed by atoms with Gasteiger partial charge in [-0.25, -0.2) is 4.98 Å². The van der Waals surface area contributed by atoms with E-state index in [1.165, 1.54) is 28.4 Å². The molecule has 0 unspecified atom stereocenters. The van der Waals surface area contributed by atoms with Crippen LogP contribution in [-0.2, 0) is 6.54 Å². The van der Waals surface area contributed by atoms with Gasteiger partial charge in [0, 0.05) is 42.4 Å². The molecule has 1 aliphatic heterocycles. The Morgan fingerprint density at radius 3 is 2.65 bits per heavy atom. The van der Waals surface area contributed by atoms with E-state index in [0.717, 1.165) is 19.6 Å². The first-order chi connectivity index (χ1) is 9.81. The molecular formula is C16H21N3S. The van der Waals surface area contributed by atoms with Crippen molar-refractivity contribution in [2.45, 2.75) is 32.4 Å². The van der Waals surface area contributed by atoms with Gasteiger partial charge >= 0.3 is 0 Å². The third-order valence-electron chi connectivity index (χ3n) is 3.83. The molecule has 0 amide bonds. The lowest BCUT2D eigenvalue weighted by Crippen LogP contribution is -2.42. The Labute approximate surface area is 124 Å². The summed E-state index contributed by atoms with van der Waals surface area (Å²) in [6.45, 7) is 5.30. The number of nitrogens with zero attached hydrogens (tertiary/aromatic N) is 2. The van der Waals surface area contributed by atoms with Crippen molar-refractivity contribution >= 4 is 17.0 Å². The summed E-state index contributed by atoms with van der Waals surface area (Å²) in [4.78, 5) is 8.18. The highest BCUT2D eigenvalue weighted by atomic mass is 32.1. The third kappa shape index (κ3) is 3.38. The van der Waals surface area contributed by atoms with Gasteiger partial charge in [0.1, 0.15) is 5.01 Å². The van der Waals surface area contributed by atoms with Crippen LogP contribution in [0.3, 0.4) is 0 Å². The fourth-order valence-electron chi connectivity index (χ4n) is 2.70. The van der Waals surface area contributed by atoms with Crippen LogP contribution in [0.4, 0.5) is 5.69 Å². The molecule has 3 rings (SSSR count). The van der Waals surface area contributed by atoms with Gasteiger partial charge in [-0.3, -0.25) is 0 Å². The van der Waals surface area contributed by atoms with Crippen molar-refractivity contribution in [3.63, 3.8) is 0 Å². The fourth-order valence-corrected chi connectivity index (χ4v) is 3.43. The molecule has 0 saturated carbocycles. The smallest absolute Gasteiger partial charge is 0.107 e. The second-order valence-electron chi connectivity index (χ2n) is 5.34. The number of para-hydroxylation sites is 1. The lowest BCUT2D eigenvalue weighted by molar-refractivity contribution is 0.414. The number of thiazole rings is 1. The molecule has 1 aromatic carbocycles. The Balaban J connectivity index is 1.47. The molecule has 0 radical (unpaired) electrons. The van der Waals surface area contributed by atoms with Crippen molar-refractivity contribution in [1.82, 2.24) is 10.3 Å². The maximum atomic E-state index is 4.41. The normalized spacial score (nSPS) is 16.6. The van der Waals surface area contributed by atoms with Crippen molar-refractivity contribution in [1.29, 1.82) is 0 Å². The van der Waals surface area contributed by atoms with Crippen LogP contribution >= 0.6 is 11.3 Å². The van der Waals surface area contributed by atoms with Crippen molar-refractivity contribution < 1.29 is 0 Å². The number of rotatable bonds is 4. The zero-order valence-electron chi connectivity index (χ0n) is 11.9. The van der Waals surface area contributed by atoms with Gasteiger partial charge in [0.25, 0.3) is 0 Å². The third-order valence-corrected chi connectivity index (χ3v) is 4.74. The monoisotopic (exact) mass is 287 g/mol. The van der Waals surface area contributed by atoms with Crippen molar-refractivity contribution in [2.24, 2.45) is 0 Å². The van der Waals surface area contributed by atoms with Gasteiger partial charge in [-0.2, -0.15) is 0 Å². The first kappa shape index (κ1) is 13.6. The standard InChI is InChI=1S/C16H21N3S/c1-13-11-18-16(20-13)12-17-14-7-9-19(10-8-14)15-5-3-2-4-6-15/h2-6,11,14,17H,7-10,12H2,1H3. The predicted octanol–water partition coefficient (Wildman–Crippen LogP) is 3.21. The van der Waals surface area contributed by atoms with E-state index in [9.17, 15) is 0 Å². The van der Waals surface area contributed by atoms with Crippen molar-refractivity contribution in [3.05, 3.63) is 46.4 Å². The molecule has 2 heterocycles. The average molecular weight is 287 g/mol. The van der Waals surface area contributed by atoms with Gasteiger partial charge in [0.15, 0.2) is 0 Å². The van der Waals surface area contributed by atoms with Gasteiger partial charge in [-0.1, -0.05) is 18.2 Å². The van der Waals surface area contributed by atoms with Crippen molar-refractivity contribution in [3.8, 4) is 0 Å². The largest absolute Gasteiger partial charge is 0.371 e. The minimum Gasteiger partial charge on any atom is -0.371 e. The van der Waals surface area contributed by atoms with Gasteiger partial charge in [0.2, 0.25) is 0 Å². The second kappa shape index (κ2) is 6.37. The van der Waals surface area contributed by atoms with Crippen LogP contribution in [0.5, 0.6) is 0 Å². The lowest BCUT2D eigenvalue weighted by Gasteiger charge is -2.34. The molecule has 1 N–H and O–H groups in total. The van der Waals surface area contributed by atoms with E-state index in [4.69, 9.17) is 0 Å². The van der Waals surface area contributed by atoms with E-state index in [2.05, 4.69) is 52.5 Å². The number of hydrogen-bond acceptors (Lipinski definition) is 4. The molecule has 4 heteroatoms. The Morgan fingerprint density at radius 2 is 2.00 bits per heavy atom. The van der Waals surface area contributed by atoms with E-state index >= 15 is 0 Å². The zero-order chi connectivity index (χ0) is 13.8. The van der Waals surface area contributed by atoms with E-state index in [0.29, 0.717) is 6.04 Å². The lowest BCUT2D eigenvalue weighted by atomic mass is 10.0. The number of aromatic nitrogens is 1. The summed E-state index contributed by atoms with van der Waals surface area (Å²) in [6, 6.07) is 11.3. The minimum absolute atomic E-state index is 0.624. The van der Waals surface area contributed by atoms with E-state index < -0.39 is 0 Å². The summed E-state index contributed by atoms with van der Waals surface area (Å²) in [5, 5.41) is 4.85. The second-order valence-corrected chi connectivity index (χ2v) is 6.66. The minimum atomic E-state index is 0.624. The number of piperidine rings is 1. The van der Waals surface area contributed by atoms with Gasteiger partial charge < -0.3 is 10.2 Å². The SMILES string of the molecule is Cc1cnc(CNC2CCN(c3ccccc3)CC2)s1. The topological polar surface area (TPSA) is 28.2 Å². The first-order valence-corrected chi connectivity index (χ1v) is 8.07. The van der Waals surface area contributed by atoms with Crippen LogP contribution in [0.15, 0.2) is 36.5 Å². The van der Waals surface area contributed by atoms with Crippen LogP contribution in [0.1, 0.15) is 22.7 Å². The molecule has 20 heavy (non-hydrogen) atoms. The summed E-state index contributed by atoms with van der Waals surface area (Å²) in [5.41, 5.74) is 1.35. The van der Waals surface area contributed by atoms with Gasteiger partial charge in [-0.05, 0) is 31.9 Å². The molecular weight excluding hydrogens is 266 g/mol. The summed E-state index contributed by atoms with van der Waals surface area (Å²) >= 11 is 1.79. The summed E-state index contributed by atoms with van der Waals surface area (Å²) < 4.78 is 0. The maximum absolute atomic E-state index is 4.41. The Morgan fingerprint density at radius 1 is 1.25 bits per heavy atom. The molecule has 3 nitrogen and oxygen atoms in total. The molecule has 0 atom stereocenters. The highest BCUT2D eigenvalue weighted by molar-refractivity contribution is 7.11. The quantitative estimate of drug-likeness (QED) is 0.936. The predicted molar refractivity (Wildman–Crippen MR) is 85.4 cm³/mol. The van der Waals surface area contributed by atoms with E-state index in [1.54, 1.807) is 11.3 Å². The van der Waals surface area contributed by atoms with Crippen LogP contribution in [0, 0.1) is 6.92 Å². The summed E-state index contributed by atoms with van der Waals surface area (Å²) in [5.74, 6) is 0. The molecule has 0 aliphatic carbocycles. The van der Waals surface area contributed by atoms with Gasteiger partial charge in [0.05, 0.1) is 0 Å². The number of nitrogens with one attached hydrogen (secondary N) is 1. The molecule has 0 bridgehead atoms. The molecule has 1 aromatic heterocycles. The van der Waals surface area contributed by atoms with E-state index in [-0.39, 0.29) is 0 Å². The maximum Gasteiger partial charge on any atom is 0.107 e. The molecule has 1 aliphatic rings. The Bertz CT molecular complexity index is 530. The zero-order valence-corrected chi connectivity index (χ0v) is 12.7. The van der Waals surface area contributed by atoms with Crippen LogP contribution < -0.4 is 10.2 Å². The molecule has 1 fully saturated rings. The van der Waals surface area contributed by atoms with Crippen LogP contribution in [0.25, 0.3) is 0 Å². The van der Waals surface area contributed by atoms with Crippen LogP contribution in [0.2, 0.25) is 0 Å². The number of hydrogen-bond donors (Lipinski definition) is 1. The highest BCUT2D eigenvalue weighted by Crippen LogP contribution is 2.20. The number of anilines is 1. The molecule has 2 aromatic rings. The molecule has 1 saturated heterocycles. The van der Waals surface area contributed by atoms with Crippen molar-refractivity contribution in [2.75, 3.05) is 18.0 Å². The summed E-state index contributed by atoms with van der Waals surface area (Å²) in [7, 11) is 0. The Kier molecular flexibility index (Phi) is 4.33. The van der Waals surface area contributed by atoms with Gasteiger partial charge in [-0.15, -0.1) is 11.3 Å². The fraction of sp³-hybridized carbons (Fsp3) is 0.438. The molecule has 0 spiro atoms. The first-order valence-electron chi connectivity index (χ1n) is 7.26. The highest BCUT2D eigenvalue weighted by Gasteiger charge is 2.19. The van der Waals surface area contributed by atoms with Crippen LogP contribution in [-0.4, -0.2) is 24.1 Å².